The van der Waals surface area contributed by atoms with Gasteiger partial charge in [0.25, 0.3) is 0 Å². The normalized spacial score (nSPS) is 16.8. The van der Waals surface area contributed by atoms with E-state index in [9.17, 15) is 4.79 Å². The molecular formula is C13H17ClN2O2. The average Bonchev–Trinajstić information content (AvgIpc) is 2.68. The first-order valence-electron chi connectivity index (χ1n) is 5.74. The molecule has 0 aliphatic carbocycles. The van der Waals surface area contributed by atoms with Crippen LogP contribution in [0, 0.1) is 5.41 Å². The number of ether oxygens (including phenoxy) is 1. The van der Waals surface area contributed by atoms with E-state index in [1.54, 1.807) is 4.90 Å². The van der Waals surface area contributed by atoms with E-state index in [1.807, 2.05) is 31.2 Å². The second kappa shape index (κ2) is 5.87. The Balaban J connectivity index is 0.00000162. The smallest absolute Gasteiger partial charge is 0.224 e. The van der Waals surface area contributed by atoms with Crippen molar-refractivity contribution in [3.05, 3.63) is 29.8 Å². The van der Waals surface area contributed by atoms with Crippen LogP contribution in [0.25, 0.3) is 0 Å². The first kappa shape index (κ1) is 14.5. The van der Waals surface area contributed by atoms with Gasteiger partial charge in [-0.05, 0) is 18.6 Å². The van der Waals surface area contributed by atoms with Gasteiger partial charge in [-0.15, -0.1) is 12.4 Å². The fourth-order valence-corrected chi connectivity index (χ4v) is 2.24. The quantitative estimate of drug-likeness (QED) is 0.661. The molecule has 1 aliphatic heterocycles. The largest absolute Gasteiger partial charge is 0.480 e. The highest BCUT2D eigenvalue weighted by molar-refractivity contribution is 6.01. The minimum atomic E-state index is -0.287. The highest BCUT2D eigenvalue weighted by Gasteiger charge is 2.35. The molecule has 5 heteroatoms. The molecule has 1 heterocycles. The number of carbonyl (C=O) groups is 1. The minimum Gasteiger partial charge on any atom is -0.480 e. The summed E-state index contributed by atoms with van der Waals surface area (Å²) >= 11 is 0. The fraction of sp³-hybridized carbons (Fsp3) is 0.385. The van der Waals surface area contributed by atoms with Gasteiger partial charge in [0.15, 0.2) is 0 Å². The van der Waals surface area contributed by atoms with Crippen molar-refractivity contribution in [3.8, 4) is 0 Å². The first-order valence-corrected chi connectivity index (χ1v) is 5.74. The summed E-state index contributed by atoms with van der Waals surface area (Å²) in [5.74, 6) is 0.114. The molecule has 0 radical (unpaired) electrons. The summed E-state index contributed by atoms with van der Waals surface area (Å²) < 4.78 is 5.23. The molecule has 1 N–H and O–H groups in total. The van der Waals surface area contributed by atoms with Crippen molar-refractivity contribution in [1.29, 1.82) is 5.41 Å². The summed E-state index contributed by atoms with van der Waals surface area (Å²) in [5.41, 5.74) is 1.99. The van der Waals surface area contributed by atoms with E-state index < -0.39 is 0 Å². The number of nitrogens with zero attached hydrogens (tertiary/aromatic N) is 1. The molecule has 0 spiro atoms. The molecule has 1 amide bonds. The predicted molar refractivity (Wildman–Crippen MR) is 73.7 cm³/mol. The monoisotopic (exact) mass is 268 g/mol. The van der Waals surface area contributed by atoms with Crippen molar-refractivity contribution in [2.24, 2.45) is 0 Å². The second-order valence-electron chi connectivity index (χ2n) is 4.03. The van der Waals surface area contributed by atoms with Gasteiger partial charge in [0.05, 0.1) is 6.61 Å². The number of fused-ring (bicyclic) bond motifs is 1. The van der Waals surface area contributed by atoms with Crippen molar-refractivity contribution in [1.82, 2.24) is 0 Å². The highest BCUT2D eigenvalue weighted by atomic mass is 35.5. The van der Waals surface area contributed by atoms with Gasteiger partial charge in [-0.3, -0.25) is 15.1 Å². The topological polar surface area (TPSA) is 53.4 Å². The predicted octanol–water partition coefficient (Wildman–Crippen LogP) is 2.40. The number of hydrogen-bond donors (Lipinski definition) is 1. The summed E-state index contributed by atoms with van der Waals surface area (Å²) in [4.78, 5) is 13.3. The Labute approximate surface area is 113 Å². The number of anilines is 1. The third-order valence-electron chi connectivity index (χ3n) is 2.92. The van der Waals surface area contributed by atoms with Crippen molar-refractivity contribution in [2.75, 3.05) is 11.5 Å². The lowest BCUT2D eigenvalue weighted by atomic mass is 10.1. The molecule has 98 valence electrons. The van der Waals surface area contributed by atoms with Gasteiger partial charge in [-0.2, -0.15) is 0 Å². The number of halogens is 1. The van der Waals surface area contributed by atoms with Crippen LogP contribution in [0.3, 0.4) is 0 Å². The van der Waals surface area contributed by atoms with Crippen LogP contribution in [-0.2, 0) is 16.0 Å². The molecule has 2 rings (SSSR count). The van der Waals surface area contributed by atoms with E-state index in [4.69, 9.17) is 10.1 Å². The van der Waals surface area contributed by atoms with Crippen molar-refractivity contribution < 1.29 is 9.53 Å². The molecule has 0 fully saturated rings. The molecule has 4 nitrogen and oxygen atoms in total. The van der Waals surface area contributed by atoms with Crippen molar-refractivity contribution in [2.45, 2.75) is 26.3 Å². The van der Waals surface area contributed by atoms with Gasteiger partial charge >= 0.3 is 0 Å². The zero-order valence-electron chi connectivity index (χ0n) is 10.5. The van der Waals surface area contributed by atoms with Gasteiger partial charge in [-0.1, -0.05) is 18.2 Å². The maximum Gasteiger partial charge on any atom is 0.224 e. The van der Waals surface area contributed by atoms with E-state index in [2.05, 4.69) is 0 Å². The van der Waals surface area contributed by atoms with E-state index in [-0.39, 0.29) is 30.3 Å². The standard InChI is InChI=1S/C13H16N2O2.ClH/c1-3-17-13(14)12-8-10-6-4-5-7-11(10)15(12)9(2)16;/h4-7,12,14H,3,8H2,1-2H3;1H. The first-order chi connectivity index (χ1) is 8.15. The molecule has 1 aromatic carbocycles. The maximum atomic E-state index is 11.7. The molecule has 18 heavy (non-hydrogen) atoms. The second-order valence-corrected chi connectivity index (χ2v) is 4.03. The fourth-order valence-electron chi connectivity index (χ4n) is 2.24. The van der Waals surface area contributed by atoms with Crippen LogP contribution in [0.5, 0.6) is 0 Å². The summed E-state index contributed by atoms with van der Waals surface area (Å²) in [7, 11) is 0. The molecule has 1 unspecified atom stereocenters. The van der Waals surface area contributed by atoms with E-state index in [0.29, 0.717) is 13.0 Å². The Morgan fingerprint density at radius 2 is 2.17 bits per heavy atom. The third kappa shape index (κ3) is 2.48. The molecular weight excluding hydrogens is 252 g/mol. The Bertz CT molecular complexity index is 462. The lowest BCUT2D eigenvalue weighted by Gasteiger charge is -2.24. The number of benzene rings is 1. The van der Waals surface area contributed by atoms with E-state index >= 15 is 0 Å². The molecule has 1 atom stereocenters. The summed E-state index contributed by atoms with van der Waals surface area (Å²) in [5, 5.41) is 7.87. The van der Waals surface area contributed by atoms with Gasteiger partial charge in [0.1, 0.15) is 6.04 Å². The Morgan fingerprint density at radius 1 is 1.50 bits per heavy atom. The van der Waals surface area contributed by atoms with Crippen LogP contribution in [0.4, 0.5) is 5.69 Å². The number of rotatable bonds is 2. The van der Waals surface area contributed by atoms with E-state index in [1.165, 1.54) is 6.92 Å². The molecule has 0 bridgehead atoms. The van der Waals surface area contributed by atoms with Crippen LogP contribution >= 0.6 is 12.4 Å². The molecule has 1 aromatic rings. The van der Waals surface area contributed by atoms with Crippen LogP contribution in [0.1, 0.15) is 19.4 Å². The number of carbonyl (C=O) groups excluding carboxylic acids is 1. The average molecular weight is 269 g/mol. The number of amides is 1. The lowest BCUT2D eigenvalue weighted by Crippen LogP contribution is -2.42. The Kier molecular flexibility index (Phi) is 4.73. The molecule has 1 aliphatic rings. The lowest BCUT2D eigenvalue weighted by molar-refractivity contribution is -0.116. The van der Waals surface area contributed by atoms with Crippen LogP contribution in [-0.4, -0.2) is 24.5 Å². The van der Waals surface area contributed by atoms with Gasteiger partial charge < -0.3 is 4.74 Å². The van der Waals surface area contributed by atoms with Crippen molar-refractivity contribution in [3.63, 3.8) is 0 Å². The van der Waals surface area contributed by atoms with Gasteiger partial charge in [0, 0.05) is 19.0 Å². The number of nitrogens with one attached hydrogen (secondary N) is 1. The van der Waals surface area contributed by atoms with Crippen LogP contribution in [0.2, 0.25) is 0 Å². The highest BCUT2D eigenvalue weighted by Crippen LogP contribution is 2.32. The summed E-state index contributed by atoms with van der Waals surface area (Å²) in [6.07, 6.45) is 0.661. The Morgan fingerprint density at radius 3 is 2.78 bits per heavy atom. The zero-order chi connectivity index (χ0) is 12.4. The molecule has 0 aromatic heterocycles. The van der Waals surface area contributed by atoms with Crippen molar-refractivity contribution >= 4 is 29.9 Å². The number of para-hydroxylation sites is 1. The summed E-state index contributed by atoms with van der Waals surface area (Å²) in [6.45, 7) is 3.82. The number of hydrogen-bond acceptors (Lipinski definition) is 3. The maximum absolute atomic E-state index is 11.7. The summed E-state index contributed by atoms with van der Waals surface area (Å²) in [6, 6.07) is 7.47. The van der Waals surface area contributed by atoms with Crippen LogP contribution < -0.4 is 4.90 Å². The minimum absolute atomic E-state index is 0. The Hall–Kier alpha value is -1.55. The molecule has 0 saturated carbocycles. The zero-order valence-corrected chi connectivity index (χ0v) is 11.3. The third-order valence-corrected chi connectivity index (χ3v) is 2.92. The SMILES string of the molecule is CCOC(=N)C1Cc2ccccc2N1C(C)=O.Cl. The van der Waals surface area contributed by atoms with Crippen LogP contribution in [0.15, 0.2) is 24.3 Å². The van der Waals surface area contributed by atoms with Gasteiger partial charge in [-0.25, -0.2) is 0 Å². The van der Waals surface area contributed by atoms with E-state index in [0.717, 1.165) is 11.3 Å². The molecule has 0 saturated heterocycles. The van der Waals surface area contributed by atoms with Gasteiger partial charge in [0.2, 0.25) is 11.8 Å².